The monoisotopic (exact) mass is 338 g/mol. The van der Waals surface area contributed by atoms with E-state index in [0.717, 1.165) is 24.4 Å². The third-order valence-electron chi connectivity index (χ3n) is 5.00. The summed E-state index contributed by atoms with van der Waals surface area (Å²) in [6.07, 6.45) is 0.777. The summed E-state index contributed by atoms with van der Waals surface area (Å²) >= 11 is 0. The number of nitrogens with one attached hydrogen (secondary N) is 1. The maximum absolute atomic E-state index is 13.3. The molecule has 3 aliphatic rings. The van der Waals surface area contributed by atoms with E-state index in [-0.39, 0.29) is 24.8 Å². The fourth-order valence-electron chi connectivity index (χ4n) is 3.72. The molecule has 6 heteroatoms. The lowest BCUT2D eigenvalue weighted by Crippen LogP contribution is -2.53. The quantitative estimate of drug-likeness (QED) is 0.912. The molecule has 2 aromatic rings. The van der Waals surface area contributed by atoms with Crippen LogP contribution in [-0.2, 0) is 4.74 Å². The predicted molar refractivity (Wildman–Crippen MR) is 92.2 cm³/mol. The van der Waals surface area contributed by atoms with E-state index in [9.17, 15) is 4.79 Å². The molecular weight excluding hydrogens is 320 g/mol. The average Bonchev–Trinajstić information content (AvgIpc) is 3.33. The zero-order chi connectivity index (χ0) is 16.8. The van der Waals surface area contributed by atoms with E-state index >= 15 is 0 Å². The van der Waals surface area contributed by atoms with E-state index in [0.29, 0.717) is 23.7 Å². The van der Waals surface area contributed by atoms with Crippen LogP contribution >= 0.6 is 0 Å². The second-order valence-corrected chi connectivity index (χ2v) is 6.47. The van der Waals surface area contributed by atoms with Crippen molar-refractivity contribution in [3.05, 3.63) is 48.0 Å². The van der Waals surface area contributed by atoms with Crippen LogP contribution in [0.1, 0.15) is 16.8 Å². The molecular formula is C19H18N2O4. The van der Waals surface area contributed by atoms with E-state index < -0.39 is 0 Å². The highest BCUT2D eigenvalue weighted by Crippen LogP contribution is 2.39. The largest absolute Gasteiger partial charge is 0.454 e. The first-order chi connectivity index (χ1) is 12.3. The number of nitrogens with zero attached hydrogens (tertiary/aromatic N) is 1. The Morgan fingerprint density at radius 3 is 2.84 bits per heavy atom. The topological polar surface area (TPSA) is 60.0 Å². The van der Waals surface area contributed by atoms with Gasteiger partial charge < -0.3 is 19.5 Å². The van der Waals surface area contributed by atoms with Crippen LogP contribution in [0.25, 0.3) is 0 Å². The van der Waals surface area contributed by atoms with Crippen LogP contribution in [0.5, 0.6) is 11.5 Å². The molecule has 0 unspecified atom stereocenters. The van der Waals surface area contributed by atoms with Crippen molar-refractivity contribution in [2.75, 3.05) is 30.2 Å². The van der Waals surface area contributed by atoms with Gasteiger partial charge in [0.05, 0.1) is 17.9 Å². The van der Waals surface area contributed by atoms with Crippen molar-refractivity contribution in [3.8, 4) is 11.5 Å². The number of ether oxygens (including phenoxy) is 3. The molecule has 128 valence electrons. The Morgan fingerprint density at radius 2 is 1.96 bits per heavy atom. The van der Waals surface area contributed by atoms with Crippen molar-refractivity contribution in [1.82, 2.24) is 0 Å². The van der Waals surface area contributed by atoms with E-state index in [4.69, 9.17) is 14.2 Å². The number of rotatable bonds is 2. The van der Waals surface area contributed by atoms with Gasteiger partial charge in [-0.3, -0.25) is 9.69 Å². The van der Waals surface area contributed by atoms with Crippen LogP contribution in [0, 0.1) is 5.92 Å². The van der Waals surface area contributed by atoms with Gasteiger partial charge in [0, 0.05) is 24.3 Å². The molecule has 25 heavy (non-hydrogen) atoms. The summed E-state index contributed by atoms with van der Waals surface area (Å²) in [4.78, 5) is 15.1. The number of amides is 1. The zero-order valence-corrected chi connectivity index (χ0v) is 13.6. The highest BCUT2D eigenvalue weighted by atomic mass is 16.7. The number of carbonyl (C=O) groups excluding carboxylic acids is 1. The van der Waals surface area contributed by atoms with Gasteiger partial charge in [0.25, 0.3) is 5.91 Å². The van der Waals surface area contributed by atoms with Crippen molar-refractivity contribution >= 4 is 17.3 Å². The SMILES string of the molecule is O=C1c2ccccc2N[C@@H]([C@H]2CCOC2)N1c1ccc2c(c1)OCO2. The van der Waals surface area contributed by atoms with E-state index in [1.807, 2.05) is 47.4 Å². The van der Waals surface area contributed by atoms with E-state index in [2.05, 4.69) is 5.32 Å². The first kappa shape index (κ1) is 14.6. The van der Waals surface area contributed by atoms with Crippen LogP contribution in [-0.4, -0.2) is 32.1 Å². The van der Waals surface area contributed by atoms with Gasteiger partial charge in [-0.05, 0) is 30.7 Å². The first-order valence-electron chi connectivity index (χ1n) is 8.48. The Bertz CT molecular complexity index is 832. The minimum Gasteiger partial charge on any atom is -0.454 e. The molecule has 1 saturated heterocycles. The Hall–Kier alpha value is -2.73. The molecule has 0 spiro atoms. The Kier molecular flexibility index (Phi) is 3.31. The number of benzene rings is 2. The van der Waals surface area contributed by atoms with Gasteiger partial charge in [0.15, 0.2) is 11.5 Å². The van der Waals surface area contributed by atoms with Gasteiger partial charge in [-0.1, -0.05) is 12.1 Å². The number of hydrogen-bond acceptors (Lipinski definition) is 5. The summed E-state index contributed by atoms with van der Waals surface area (Å²) < 4.78 is 16.4. The van der Waals surface area contributed by atoms with Gasteiger partial charge in [-0.25, -0.2) is 0 Å². The summed E-state index contributed by atoms with van der Waals surface area (Å²) in [5.41, 5.74) is 2.35. The maximum atomic E-state index is 13.3. The van der Waals surface area contributed by atoms with Crippen molar-refractivity contribution in [3.63, 3.8) is 0 Å². The lowest BCUT2D eigenvalue weighted by Gasteiger charge is -2.40. The van der Waals surface area contributed by atoms with E-state index in [1.54, 1.807) is 0 Å². The summed E-state index contributed by atoms with van der Waals surface area (Å²) in [5, 5.41) is 3.54. The van der Waals surface area contributed by atoms with Gasteiger partial charge in [-0.15, -0.1) is 0 Å². The van der Waals surface area contributed by atoms with Crippen molar-refractivity contribution in [2.24, 2.45) is 5.92 Å². The minimum atomic E-state index is -0.148. The summed E-state index contributed by atoms with van der Waals surface area (Å²) in [6, 6.07) is 13.3. The van der Waals surface area contributed by atoms with Gasteiger partial charge >= 0.3 is 0 Å². The smallest absolute Gasteiger partial charge is 0.262 e. The molecule has 3 heterocycles. The highest BCUT2D eigenvalue weighted by Gasteiger charge is 2.39. The number of anilines is 2. The van der Waals surface area contributed by atoms with Gasteiger partial charge in [0.2, 0.25) is 6.79 Å². The molecule has 3 aliphatic heterocycles. The average molecular weight is 338 g/mol. The molecule has 2 atom stereocenters. The molecule has 5 rings (SSSR count). The van der Waals surface area contributed by atoms with Crippen LogP contribution in [0.2, 0.25) is 0 Å². The van der Waals surface area contributed by atoms with E-state index in [1.165, 1.54) is 0 Å². The fraction of sp³-hybridized carbons (Fsp3) is 0.316. The Balaban J connectivity index is 1.59. The number of para-hydroxylation sites is 1. The molecule has 1 N–H and O–H groups in total. The van der Waals surface area contributed by atoms with Crippen molar-refractivity contribution < 1.29 is 19.0 Å². The molecule has 0 aliphatic carbocycles. The van der Waals surface area contributed by atoms with Crippen LogP contribution in [0.15, 0.2) is 42.5 Å². The first-order valence-corrected chi connectivity index (χ1v) is 8.48. The summed E-state index contributed by atoms with van der Waals surface area (Å²) in [5.74, 6) is 1.61. The maximum Gasteiger partial charge on any atom is 0.262 e. The Morgan fingerprint density at radius 1 is 1.08 bits per heavy atom. The molecule has 1 fully saturated rings. The third-order valence-corrected chi connectivity index (χ3v) is 5.00. The lowest BCUT2D eigenvalue weighted by molar-refractivity contribution is 0.0963. The van der Waals surface area contributed by atoms with Gasteiger partial charge in [0.1, 0.15) is 6.17 Å². The summed E-state index contributed by atoms with van der Waals surface area (Å²) in [6.45, 7) is 1.59. The molecule has 2 aromatic carbocycles. The third kappa shape index (κ3) is 2.33. The molecule has 1 amide bonds. The van der Waals surface area contributed by atoms with Crippen LogP contribution in [0.4, 0.5) is 11.4 Å². The molecule has 6 nitrogen and oxygen atoms in total. The molecule has 0 saturated carbocycles. The predicted octanol–water partition coefficient (Wildman–Crippen LogP) is 2.85. The second kappa shape index (κ2) is 5.67. The Labute approximate surface area is 145 Å². The van der Waals surface area contributed by atoms with Crippen molar-refractivity contribution in [1.29, 1.82) is 0 Å². The molecule has 0 aromatic heterocycles. The normalized spacial score (nSPS) is 24.2. The van der Waals surface area contributed by atoms with Crippen LogP contribution in [0.3, 0.4) is 0 Å². The molecule has 0 radical (unpaired) electrons. The fourth-order valence-corrected chi connectivity index (χ4v) is 3.72. The van der Waals surface area contributed by atoms with Crippen LogP contribution < -0.4 is 19.7 Å². The van der Waals surface area contributed by atoms with Crippen molar-refractivity contribution in [2.45, 2.75) is 12.6 Å². The minimum absolute atomic E-state index is 0.00915. The standard InChI is InChI=1S/C19H18N2O4/c22-19-14-3-1-2-4-15(14)20-18(12-7-8-23-10-12)21(19)13-5-6-16-17(9-13)25-11-24-16/h1-6,9,12,18,20H,7-8,10-11H2/t12-,18+/m0/s1. The second-order valence-electron chi connectivity index (χ2n) is 6.47. The number of fused-ring (bicyclic) bond motifs is 2. The summed E-state index contributed by atoms with van der Waals surface area (Å²) in [7, 11) is 0. The number of carbonyl (C=O) groups is 1. The number of hydrogen-bond donors (Lipinski definition) is 1. The van der Waals surface area contributed by atoms with Gasteiger partial charge in [-0.2, -0.15) is 0 Å². The lowest BCUT2D eigenvalue weighted by atomic mass is 9.98. The zero-order valence-electron chi connectivity index (χ0n) is 13.6. The highest BCUT2D eigenvalue weighted by molar-refractivity contribution is 6.12. The molecule has 0 bridgehead atoms.